The van der Waals surface area contributed by atoms with Gasteiger partial charge in [-0.3, -0.25) is 5.01 Å². The number of benzene rings is 1. The minimum absolute atomic E-state index is 0.0966. The van der Waals surface area contributed by atoms with Gasteiger partial charge >= 0.3 is 0 Å². The summed E-state index contributed by atoms with van der Waals surface area (Å²) in [6, 6.07) is 4.80. The van der Waals surface area contributed by atoms with Crippen LogP contribution in [-0.2, 0) is 6.54 Å². The van der Waals surface area contributed by atoms with Gasteiger partial charge in [0.15, 0.2) is 11.5 Å². The zero-order valence-electron chi connectivity index (χ0n) is 9.40. The number of hydrogen-bond acceptors (Lipinski definition) is 4. The number of rotatable bonds is 6. The van der Waals surface area contributed by atoms with Crippen molar-refractivity contribution in [3.05, 3.63) is 23.8 Å². The lowest BCUT2D eigenvalue weighted by Crippen LogP contribution is -3.14. The molecule has 0 fully saturated rings. The van der Waals surface area contributed by atoms with Crippen molar-refractivity contribution in [3.8, 4) is 11.5 Å². The third kappa shape index (κ3) is 4.06. The maximum atomic E-state index is 9.31. The average molecular weight is 227 g/mol. The molecule has 1 aromatic carbocycles. The number of aromatic hydroxyl groups is 2. The minimum Gasteiger partial charge on any atom is -0.504 e. The predicted octanol–water partition coefficient (Wildman–Crippen LogP) is -1.00. The fourth-order valence-electron chi connectivity index (χ4n) is 1.43. The van der Waals surface area contributed by atoms with Crippen molar-refractivity contribution in [2.24, 2.45) is 0 Å². The number of nitrogens with one attached hydrogen (secondary N) is 2. The molecule has 0 aliphatic carbocycles. The second-order valence-electron chi connectivity index (χ2n) is 3.78. The topological polar surface area (TPSA) is 77.2 Å². The zero-order valence-corrected chi connectivity index (χ0v) is 9.40. The molecule has 0 aliphatic heterocycles. The maximum absolute atomic E-state index is 9.31. The van der Waals surface area contributed by atoms with Crippen molar-refractivity contribution in [2.75, 3.05) is 20.2 Å². The lowest BCUT2D eigenvalue weighted by Gasteiger charge is -2.14. The van der Waals surface area contributed by atoms with E-state index in [4.69, 9.17) is 10.2 Å². The SMILES string of the molecule is C[NH+](Cc1ccc(O)c(O)c1)NCCCO. The Hall–Kier alpha value is -1.30. The van der Waals surface area contributed by atoms with Crippen molar-refractivity contribution in [1.82, 2.24) is 5.43 Å². The quantitative estimate of drug-likeness (QED) is 0.245. The third-order valence-electron chi connectivity index (χ3n) is 2.27. The van der Waals surface area contributed by atoms with E-state index in [1.54, 1.807) is 12.1 Å². The molecule has 0 aliphatic rings. The molecule has 5 heteroatoms. The molecule has 0 radical (unpaired) electrons. The molecule has 0 aromatic heterocycles. The number of hydrogen-bond donors (Lipinski definition) is 5. The van der Waals surface area contributed by atoms with Gasteiger partial charge in [0.05, 0.1) is 7.05 Å². The molecule has 0 saturated carbocycles. The third-order valence-corrected chi connectivity index (χ3v) is 2.27. The molecule has 0 bridgehead atoms. The van der Waals surface area contributed by atoms with Crippen LogP contribution in [0.15, 0.2) is 18.2 Å². The Morgan fingerprint density at radius 3 is 2.62 bits per heavy atom. The molecule has 0 heterocycles. The van der Waals surface area contributed by atoms with Gasteiger partial charge in [-0.05, 0) is 24.6 Å². The standard InChI is InChI=1S/C11H18N2O3/c1-13(12-5-2-6-14)8-9-3-4-10(15)11(16)7-9/h3-4,7,12,14-16H,2,5-6,8H2,1H3/p+1. The summed E-state index contributed by atoms with van der Waals surface area (Å²) in [6.45, 7) is 1.62. The average Bonchev–Trinajstić information content (AvgIpc) is 2.24. The lowest BCUT2D eigenvalue weighted by molar-refractivity contribution is -0.939. The highest BCUT2D eigenvalue weighted by atomic mass is 16.3. The first kappa shape index (κ1) is 12.8. The largest absolute Gasteiger partial charge is 0.504 e. The van der Waals surface area contributed by atoms with Crippen molar-refractivity contribution in [2.45, 2.75) is 13.0 Å². The van der Waals surface area contributed by atoms with Crippen LogP contribution in [0.4, 0.5) is 0 Å². The van der Waals surface area contributed by atoms with Gasteiger partial charge in [0, 0.05) is 18.7 Å². The van der Waals surface area contributed by atoms with Gasteiger partial charge in [-0.1, -0.05) is 0 Å². The van der Waals surface area contributed by atoms with Crippen LogP contribution in [0.25, 0.3) is 0 Å². The summed E-state index contributed by atoms with van der Waals surface area (Å²) in [4.78, 5) is 0. The number of aliphatic hydroxyl groups is 1. The molecular weight excluding hydrogens is 208 g/mol. The maximum Gasteiger partial charge on any atom is 0.157 e. The Morgan fingerprint density at radius 1 is 1.25 bits per heavy atom. The molecule has 5 N–H and O–H groups in total. The Labute approximate surface area is 94.9 Å². The fourth-order valence-corrected chi connectivity index (χ4v) is 1.43. The summed E-state index contributed by atoms with van der Waals surface area (Å²) in [5, 5.41) is 28.2. The van der Waals surface area contributed by atoms with Crippen molar-refractivity contribution < 1.29 is 20.3 Å². The number of quaternary nitrogens is 1. The summed E-state index contributed by atoms with van der Waals surface area (Å²) in [7, 11) is 1.96. The zero-order chi connectivity index (χ0) is 12.0. The second-order valence-corrected chi connectivity index (χ2v) is 3.78. The van der Waals surface area contributed by atoms with Gasteiger partial charge in [-0.2, -0.15) is 5.43 Å². The first-order valence-electron chi connectivity index (χ1n) is 5.31. The highest BCUT2D eigenvalue weighted by Crippen LogP contribution is 2.24. The highest BCUT2D eigenvalue weighted by Gasteiger charge is 2.06. The molecule has 0 spiro atoms. The normalized spacial score (nSPS) is 12.6. The van der Waals surface area contributed by atoms with Crippen molar-refractivity contribution in [1.29, 1.82) is 0 Å². The molecule has 1 atom stereocenters. The molecule has 0 amide bonds. The monoisotopic (exact) mass is 227 g/mol. The highest BCUT2D eigenvalue weighted by molar-refractivity contribution is 5.40. The second kappa shape index (κ2) is 6.32. The van der Waals surface area contributed by atoms with Crippen LogP contribution in [0.1, 0.15) is 12.0 Å². The molecule has 5 nitrogen and oxygen atoms in total. The summed E-state index contributed by atoms with van der Waals surface area (Å²) >= 11 is 0. The minimum atomic E-state index is -0.102. The summed E-state index contributed by atoms with van der Waals surface area (Å²) in [5.41, 5.74) is 4.11. The summed E-state index contributed by atoms with van der Waals surface area (Å²) in [5.74, 6) is -0.199. The van der Waals surface area contributed by atoms with E-state index in [-0.39, 0.29) is 18.1 Å². The van der Waals surface area contributed by atoms with E-state index in [9.17, 15) is 5.11 Å². The van der Waals surface area contributed by atoms with Crippen LogP contribution in [0, 0.1) is 0 Å². The van der Waals surface area contributed by atoms with Gasteiger partial charge in [0.25, 0.3) is 0 Å². The van der Waals surface area contributed by atoms with E-state index in [1.807, 2.05) is 7.05 Å². The van der Waals surface area contributed by atoms with Gasteiger partial charge in [0.1, 0.15) is 6.54 Å². The first-order chi connectivity index (χ1) is 7.63. The Kier molecular flexibility index (Phi) is 5.04. The van der Waals surface area contributed by atoms with Crippen LogP contribution in [-0.4, -0.2) is 35.5 Å². The Morgan fingerprint density at radius 2 is 2.00 bits per heavy atom. The van der Waals surface area contributed by atoms with E-state index >= 15 is 0 Å². The molecule has 16 heavy (non-hydrogen) atoms. The van der Waals surface area contributed by atoms with E-state index in [2.05, 4.69) is 5.43 Å². The van der Waals surface area contributed by atoms with E-state index in [0.717, 1.165) is 23.5 Å². The van der Waals surface area contributed by atoms with Gasteiger partial charge in [0.2, 0.25) is 0 Å². The molecule has 0 saturated heterocycles. The van der Waals surface area contributed by atoms with E-state index in [0.29, 0.717) is 6.54 Å². The smallest absolute Gasteiger partial charge is 0.157 e. The van der Waals surface area contributed by atoms with Crippen LogP contribution in [0.3, 0.4) is 0 Å². The van der Waals surface area contributed by atoms with Gasteiger partial charge < -0.3 is 15.3 Å². The number of aliphatic hydroxyl groups excluding tert-OH is 1. The molecule has 1 unspecified atom stereocenters. The van der Waals surface area contributed by atoms with Gasteiger partial charge in [-0.15, -0.1) is 0 Å². The van der Waals surface area contributed by atoms with Crippen molar-refractivity contribution in [3.63, 3.8) is 0 Å². The molecule has 1 aromatic rings. The first-order valence-corrected chi connectivity index (χ1v) is 5.31. The Balaban J connectivity index is 2.43. The van der Waals surface area contributed by atoms with Crippen LogP contribution in [0.5, 0.6) is 11.5 Å². The summed E-state index contributed by atoms with van der Waals surface area (Å²) < 4.78 is 0. The van der Waals surface area contributed by atoms with Crippen LogP contribution >= 0.6 is 0 Å². The lowest BCUT2D eigenvalue weighted by atomic mass is 10.2. The van der Waals surface area contributed by atoms with E-state index in [1.165, 1.54) is 6.07 Å². The van der Waals surface area contributed by atoms with Crippen LogP contribution < -0.4 is 10.4 Å². The Bertz CT molecular complexity index is 331. The molecule has 1 rings (SSSR count). The predicted molar refractivity (Wildman–Crippen MR) is 60.1 cm³/mol. The van der Waals surface area contributed by atoms with Gasteiger partial charge in [-0.25, -0.2) is 0 Å². The molecule has 90 valence electrons. The van der Waals surface area contributed by atoms with Crippen LogP contribution in [0.2, 0.25) is 0 Å². The molecular formula is C11H19N2O3+. The number of phenols is 2. The van der Waals surface area contributed by atoms with Crippen molar-refractivity contribution >= 4 is 0 Å². The van der Waals surface area contributed by atoms with E-state index < -0.39 is 0 Å². The summed E-state index contributed by atoms with van der Waals surface area (Å²) in [6.07, 6.45) is 0.720. The fraction of sp³-hybridized carbons (Fsp3) is 0.455. The number of phenolic OH excluding ortho intramolecular Hbond substituents is 2.